The molecule has 40 heavy (non-hydrogen) atoms. The number of methoxy groups -OCH3 is 1. The summed E-state index contributed by atoms with van der Waals surface area (Å²) in [6.45, 7) is 1.54. The summed E-state index contributed by atoms with van der Waals surface area (Å²) < 4.78 is 46.6. The van der Waals surface area contributed by atoms with Crippen molar-refractivity contribution in [2.75, 3.05) is 26.8 Å². The molecule has 1 aromatic heterocycles. The van der Waals surface area contributed by atoms with E-state index in [2.05, 4.69) is 4.57 Å². The third-order valence-electron chi connectivity index (χ3n) is 7.43. The van der Waals surface area contributed by atoms with Crippen LogP contribution in [0.3, 0.4) is 0 Å². The van der Waals surface area contributed by atoms with Crippen molar-refractivity contribution in [3.05, 3.63) is 95.3 Å². The van der Waals surface area contributed by atoms with Crippen molar-refractivity contribution in [1.82, 2.24) is 14.4 Å². The van der Waals surface area contributed by atoms with Crippen LogP contribution in [-0.4, -0.2) is 59.0 Å². The molecule has 3 aromatic rings. The summed E-state index contributed by atoms with van der Waals surface area (Å²) in [6, 6.07) is 18.0. The quantitative estimate of drug-likeness (QED) is 0.291. The van der Waals surface area contributed by atoms with Gasteiger partial charge in [0.15, 0.2) is 0 Å². The lowest BCUT2D eigenvalue weighted by Crippen LogP contribution is -2.48. The fourth-order valence-electron chi connectivity index (χ4n) is 5.19. The van der Waals surface area contributed by atoms with Crippen LogP contribution in [0.1, 0.15) is 59.3 Å². The van der Waals surface area contributed by atoms with E-state index in [1.807, 2.05) is 48.7 Å². The van der Waals surface area contributed by atoms with E-state index in [1.165, 1.54) is 12.1 Å². The lowest BCUT2D eigenvalue weighted by Gasteiger charge is -2.35. The first-order valence-electron chi connectivity index (χ1n) is 13.7. The number of rotatable bonds is 11. The molecule has 0 aliphatic heterocycles. The van der Waals surface area contributed by atoms with Crippen LogP contribution in [0.4, 0.5) is 13.2 Å². The van der Waals surface area contributed by atoms with Crippen molar-refractivity contribution in [3.63, 3.8) is 0 Å². The fourth-order valence-corrected chi connectivity index (χ4v) is 5.19. The van der Waals surface area contributed by atoms with Crippen LogP contribution in [-0.2, 0) is 28.8 Å². The second kappa shape index (κ2) is 13.7. The molecule has 1 saturated carbocycles. The zero-order valence-electron chi connectivity index (χ0n) is 22.8. The van der Waals surface area contributed by atoms with Gasteiger partial charge >= 0.3 is 6.18 Å². The average Bonchev–Trinajstić information content (AvgIpc) is 3.40. The van der Waals surface area contributed by atoms with Gasteiger partial charge in [0.2, 0.25) is 5.91 Å². The molecular weight excluding hydrogens is 519 g/mol. The Morgan fingerprint density at radius 2 is 1.65 bits per heavy atom. The number of carbonyl (C=O) groups is 2. The topological polar surface area (TPSA) is 54.8 Å². The third-order valence-corrected chi connectivity index (χ3v) is 7.43. The Hall–Kier alpha value is -3.59. The fraction of sp³-hybridized carbons (Fsp3) is 0.419. The summed E-state index contributed by atoms with van der Waals surface area (Å²) >= 11 is 0. The molecule has 0 bridgehead atoms. The minimum absolute atomic E-state index is 0.140. The van der Waals surface area contributed by atoms with E-state index >= 15 is 0 Å². The first-order valence-corrected chi connectivity index (χ1v) is 13.7. The molecule has 2 amide bonds. The predicted octanol–water partition coefficient (Wildman–Crippen LogP) is 6.01. The van der Waals surface area contributed by atoms with Crippen LogP contribution < -0.4 is 0 Å². The molecule has 9 heteroatoms. The predicted molar refractivity (Wildman–Crippen MR) is 147 cm³/mol. The summed E-state index contributed by atoms with van der Waals surface area (Å²) in [6.07, 6.45) is 1.96. The van der Waals surface area contributed by atoms with E-state index in [1.54, 1.807) is 16.9 Å². The number of nitrogens with zero attached hydrogens (tertiary/aromatic N) is 3. The van der Waals surface area contributed by atoms with Gasteiger partial charge in [-0.05, 0) is 54.8 Å². The number of hydrogen-bond donors (Lipinski definition) is 0. The Labute approximate surface area is 233 Å². The van der Waals surface area contributed by atoms with Crippen LogP contribution in [0, 0.1) is 0 Å². The summed E-state index contributed by atoms with van der Waals surface area (Å²) in [4.78, 5) is 30.6. The zero-order valence-corrected chi connectivity index (χ0v) is 22.8. The highest BCUT2D eigenvalue weighted by atomic mass is 19.4. The molecule has 0 radical (unpaired) electrons. The van der Waals surface area contributed by atoms with E-state index in [-0.39, 0.29) is 24.1 Å². The first-order chi connectivity index (χ1) is 19.3. The van der Waals surface area contributed by atoms with Gasteiger partial charge in [-0.2, -0.15) is 13.2 Å². The number of carbonyl (C=O) groups excluding carboxylic acids is 2. The molecule has 214 valence electrons. The molecule has 0 unspecified atom stereocenters. The van der Waals surface area contributed by atoms with Gasteiger partial charge in [-0.25, -0.2) is 0 Å². The third kappa shape index (κ3) is 7.75. The molecule has 0 saturated heterocycles. The highest BCUT2D eigenvalue weighted by Crippen LogP contribution is 2.30. The average molecular weight is 556 g/mol. The molecule has 1 fully saturated rings. The molecule has 1 heterocycles. The maximum atomic E-state index is 13.7. The molecule has 0 N–H and O–H groups in total. The van der Waals surface area contributed by atoms with Crippen LogP contribution in [0.2, 0.25) is 0 Å². The van der Waals surface area contributed by atoms with Crippen molar-refractivity contribution < 1.29 is 27.5 Å². The molecule has 4 rings (SSSR count). The van der Waals surface area contributed by atoms with E-state index in [9.17, 15) is 22.8 Å². The maximum Gasteiger partial charge on any atom is 0.416 e. The van der Waals surface area contributed by atoms with Crippen LogP contribution in [0.25, 0.3) is 0 Å². The molecule has 0 atom stereocenters. The van der Waals surface area contributed by atoms with Crippen LogP contribution >= 0.6 is 0 Å². The summed E-state index contributed by atoms with van der Waals surface area (Å²) in [5, 5.41) is 0. The second-order valence-corrected chi connectivity index (χ2v) is 10.2. The molecule has 2 aromatic carbocycles. The van der Waals surface area contributed by atoms with Gasteiger partial charge < -0.3 is 19.1 Å². The molecule has 0 spiro atoms. The zero-order chi connectivity index (χ0) is 28.5. The highest BCUT2D eigenvalue weighted by molar-refractivity contribution is 5.96. The SMILES string of the molecule is COCCN(Cc1cccn1Cc1ccccc1)C(=O)CN(C(=O)c1ccc(C(F)(F)F)cc1)C1CCCCC1. The summed E-state index contributed by atoms with van der Waals surface area (Å²) in [7, 11) is 1.57. The normalized spacial score (nSPS) is 14.2. The van der Waals surface area contributed by atoms with E-state index in [0.29, 0.717) is 26.2 Å². The van der Waals surface area contributed by atoms with Gasteiger partial charge in [0.05, 0.1) is 18.7 Å². The Kier molecular flexibility index (Phi) is 10.0. The number of amides is 2. The van der Waals surface area contributed by atoms with Crippen LogP contribution in [0.15, 0.2) is 72.9 Å². The second-order valence-electron chi connectivity index (χ2n) is 10.2. The standard InChI is InChI=1S/C31H36F3N3O3/c1-40-20-19-36(22-28-13-8-18-35(28)21-24-9-4-2-5-10-24)29(38)23-37(27-11-6-3-7-12-27)30(39)25-14-16-26(17-15-25)31(32,33)34/h2,4-5,8-10,13-18,27H,3,6-7,11-12,19-23H2,1H3. The minimum atomic E-state index is -4.49. The Morgan fingerprint density at radius 1 is 0.950 bits per heavy atom. The number of hydrogen-bond acceptors (Lipinski definition) is 3. The Bertz CT molecular complexity index is 1240. The van der Waals surface area contributed by atoms with E-state index in [4.69, 9.17) is 4.74 Å². The van der Waals surface area contributed by atoms with Crippen molar-refractivity contribution >= 4 is 11.8 Å². The highest BCUT2D eigenvalue weighted by Gasteiger charge is 2.32. The monoisotopic (exact) mass is 555 g/mol. The largest absolute Gasteiger partial charge is 0.416 e. The lowest BCUT2D eigenvalue weighted by molar-refractivity contribution is -0.137. The number of aromatic nitrogens is 1. The van der Waals surface area contributed by atoms with Crippen molar-refractivity contribution in [3.8, 4) is 0 Å². The van der Waals surface area contributed by atoms with Gasteiger partial charge in [-0.15, -0.1) is 0 Å². The first kappa shape index (κ1) is 29.4. The number of benzene rings is 2. The smallest absolute Gasteiger partial charge is 0.383 e. The number of alkyl halides is 3. The maximum absolute atomic E-state index is 13.7. The van der Waals surface area contributed by atoms with Gasteiger partial charge in [0.1, 0.15) is 6.54 Å². The minimum Gasteiger partial charge on any atom is -0.383 e. The molecule has 1 aliphatic carbocycles. The van der Waals surface area contributed by atoms with Crippen molar-refractivity contribution in [2.24, 2.45) is 0 Å². The van der Waals surface area contributed by atoms with Gasteiger partial charge in [0.25, 0.3) is 5.91 Å². The van der Waals surface area contributed by atoms with E-state index < -0.39 is 17.6 Å². The van der Waals surface area contributed by atoms with Gasteiger partial charge in [0, 0.05) is 43.7 Å². The van der Waals surface area contributed by atoms with Gasteiger partial charge in [-0.1, -0.05) is 49.6 Å². The van der Waals surface area contributed by atoms with Gasteiger partial charge in [-0.3, -0.25) is 9.59 Å². The molecular formula is C31H36F3N3O3. The lowest BCUT2D eigenvalue weighted by atomic mass is 9.93. The summed E-state index contributed by atoms with van der Waals surface area (Å²) in [5.74, 6) is -0.650. The van der Waals surface area contributed by atoms with Crippen molar-refractivity contribution in [1.29, 1.82) is 0 Å². The number of ether oxygens (including phenoxy) is 1. The molecule has 6 nitrogen and oxygen atoms in total. The summed E-state index contributed by atoms with van der Waals surface area (Å²) in [5.41, 5.74) is 1.42. The van der Waals surface area contributed by atoms with E-state index in [0.717, 1.165) is 55.5 Å². The Balaban J connectivity index is 1.53. The number of halogens is 3. The molecule has 1 aliphatic rings. The Morgan fingerprint density at radius 3 is 2.30 bits per heavy atom. The van der Waals surface area contributed by atoms with Crippen LogP contribution in [0.5, 0.6) is 0 Å². The van der Waals surface area contributed by atoms with Crippen molar-refractivity contribution in [2.45, 2.75) is 57.4 Å².